The van der Waals surface area contributed by atoms with Crippen LogP contribution in [-0.4, -0.2) is 9.55 Å². The Balaban J connectivity index is 3.21. The normalized spacial score (nSPS) is 12.1. The lowest BCUT2D eigenvalue weighted by atomic mass is 10.1. The van der Waals surface area contributed by atoms with Gasteiger partial charge >= 0.3 is 0 Å². The molecule has 2 nitrogen and oxygen atoms in total. The van der Waals surface area contributed by atoms with Gasteiger partial charge in [-0.1, -0.05) is 0 Å². The molecule has 1 aromatic rings. The van der Waals surface area contributed by atoms with E-state index in [4.69, 9.17) is 11.6 Å². The lowest BCUT2D eigenvalue weighted by Gasteiger charge is -2.23. The number of aromatic nitrogens is 2. The Hall–Kier alpha value is -0.500. The molecule has 0 N–H and O–H groups in total. The predicted octanol–water partition coefficient (Wildman–Crippen LogP) is 2.60. The maximum absolute atomic E-state index is 5.88. The van der Waals surface area contributed by atoms with Crippen LogP contribution in [0.4, 0.5) is 0 Å². The van der Waals surface area contributed by atoms with Crippen LogP contribution in [0.25, 0.3) is 0 Å². The van der Waals surface area contributed by atoms with E-state index in [-0.39, 0.29) is 5.54 Å². The van der Waals surface area contributed by atoms with Gasteiger partial charge in [-0.3, -0.25) is 0 Å². The Morgan fingerprint density at radius 1 is 1.45 bits per heavy atom. The highest BCUT2D eigenvalue weighted by molar-refractivity contribution is 6.28. The minimum atomic E-state index is 0.0255. The Bertz CT molecular complexity index is 238. The molecule has 0 aliphatic heterocycles. The summed E-state index contributed by atoms with van der Waals surface area (Å²) in [5.41, 5.74) is 1.13. The van der Waals surface area contributed by atoms with Crippen molar-refractivity contribution in [1.82, 2.24) is 9.55 Å². The van der Waals surface area contributed by atoms with E-state index < -0.39 is 0 Å². The van der Waals surface area contributed by atoms with Crippen molar-refractivity contribution in [2.45, 2.75) is 33.2 Å². The van der Waals surface area contributed by atoms with Crippen LogP contribution in [0.3, 0.4) is 0 Å². The molecule has 0 spiro atoms. The Morgan fingerprint density at radius 2 is 2.00 bits per heavy atom. The first-order chi connectivity index (χ1) is 4.93. The van der Waals surface area contributed by atoms with Crippen LogP contribution in [0, 0.1) is 6.92 Å². The molecule has 0 aliphatic rings. The van der Waals surface area contributed by atoms with Crippen molar-refractivity contribution in [3.05, 3.63) is 17.2 Å². The quantitative estimate of drug-likeness (QED) is 0.588. The average molecular weight is 173 g/mol. The Morgan fingerprint density at radius 3 is 2.18 bits per heavy atom. The van der Waals surface area contributed by atoms with Gasteiger partial charge in [0.25, 0.3) is 0 Å². The van der Waals surface area contributed by atoms with Gasteiger partial charge in [0, 0.05) is 17.4 Å². The van der Waals surface area contributed by atoms with Crippen molar-refractivity contribution in [1.29, 1.82) is 0 Å². The first-order valence-electron chi connectivity index (χ1n) is 3.63. The van der Waals surface area contributed by atoms with Crippen LogP contribution in [0.15, 0.2) is 6.20 Å². The molecule has 0 aliphatic carbocycles. The lowest BCUT2D eigenvalue weighted by molar-refractivity contribution is 0.390. The number of imidazole rings is 1. The standard InChI is InChI=1S/C8H13ClN2/c1-6-5-10-7(9)11(6)8(2,3)4/h5H,1-4H3. The second kappa shape index (κ2) is 2.52. The van der Waals surface area contributed by atoms with E-state index in [0.29, 0.717) is 5.28 Å². The molecule has 0 fully saturated rings. The molecule has 0 unspecified atom stereocenters. The zero-order chi connectivity index (χ0) is 8.65. The van der Waals surface area contributed by atoms with E-state index in [2.05, 4.69) is 25.8 Å². The fourth-order valence-electron chi connectivity index (χ4n) is 1.21. The minimum absolute atomic E-state index is 0.0255. The summed E-state index contributed by atoms with van der Waals surface area (Å²) in [4.78, 5) is 4.01. The molecular weight excluding hydrogens is 160 g/mol. The van der Waals surface area contributed by atoms with E-state index in [1.54, 1.807) is 6.20 Å². The summed E-state index contributed by atoms with van der Waals surface area (Å²) in [6, 6.07) is 0. The highest BCUT2D eigenvalue weighted by Gasteiger charge is 2.17. The molecule has 0 aromatic carbocycles. The van der Waals surface area contributed by atoms with Gasteiger partial charge in [0.1, 0.15) is 0 Å². The van der Waals surface area contributed by atoms with Crippen molar-refractivity contribution in [3.63, 3.8) is 0 Å². The molecule has 3 heteroatoms. The van der Waals surface area contributed by atoms with E-state index in [9.17, 15) is 0 Å². The highest BCUT2D eigenvalue weighted by atomic mass is 35.5. The zero-order valence-corrected chi connectivity index (χ0v) is 8.11. The monoisotopic (exact) mass is 172 g/mol. The van der Waals surface area contributed by atoms with Gasteiger partial charge in [-0.2, -0.15) is 0 Å². The highest BCUT2D eigenvalue weighted by Crippen LogP contribution is 2.21. The SMILES string of the molecule is Cc1cnc(Cl)n1C(C)(C)C. The second-order valence-electron chi connectivity index (χ2n) is 3.67. The molecule has 0 saturated carbocycles. The smallest absolute Gasteiger partial charge is 0.203 e. The van der Waals surface area contributed by atoms with E-state index in [1.165, 1.54) is 0 Å². The maximum atomic E-state index is 5.88. The largest absolute Gasteiger partial charge is 0.314 e. The summed E-state index contributed by atoms with van der Waals surface area (Å²) in [6.07, 6.45) is 1.79. The molecule has 1 heterocycles. The molecule has 1 rings (SSSR count). The Kier molecular flexibility index (Phi) is 1.97. The first kappa shape index (κ1) is 8.60. The number of aryl methyl sites for hydroxylation is 1. The first-order valence-corrected chi connectivity index (χ1v) is 4.01. The number of hydrogen-bond acceptors (Lipinski definition) is 1. The molecule has 11 heavy (non-hydrogen) atoms. The molecule has 0 atom stereocenters. The van der Waals surface area contributed by atoms with Crippen molar-refractivity contribution in [2.75, 3.05) is 0 Å². The zero-order valence-electron chi connectivity index (χ0n) is 7.35. The van der Waals surface area contributed by atoms with Crippen LogP contribution in [0.5, 0.6) is 0 Å². The topological polar surface area (TPSA) is 17.8 Å². The molecule has 1 aromatic heterocycles. The third kappa shape index (κ3) is 1.56. The summed E-state index contributed by atoms with van der Waals surface area (Å²) in [7, 11) is 0. The van der Waals surface area contributed by atoms with Gasteiger partial charge < -0.3 is 4.57 Å². The van der Waals surface area contributed by atoms with Gasteiger partial charge in [-0.15, -0.1) is 0 Å². The predicted molar refractivity (Wildman–Crippen MR) is 47.0 cm³/mol. The van der Waals surface area contributed by atoms with Crippen LogP contribution in [0.2, 0.25) is 5.28 Å². The second-order valence-corrected chi connectivity index (χ2v) is 4.01. The minimum Gasteiger partial charge on any atom is -0.314 e. The van der Waals surface area contributed by atoms with E-state index >= 15 is 0 Å². The fraction of sp³-hybridized carbons (Fsp3) is 0.625. The third-order valence-corrected chi connectivity index (χ3v) is 1.83. The average Bonchev–Trinajstić information content (AvgIpc) is 2.08. The summed E-state index contributed by atoms with van der Waals surface area (Å²) in [6.45, 7) is 8.32. The molecule has 0 radical (unpaired) electrons. The third-order valence-electron chi connectivity index (χ3n) is 1.57. The molecular formula is C8H13ClN2. The number of halogens is 1. The van der Waals surface area contributed by atoms with Gasteiger partial charge in [0.2, 0.25) is 5.28 Å². The van der Waals surface area contributed by atoms with Crippen molar-refractivity contribution < 1.29 is 0 Å². The molecule has 62 valence electrons. The maximum Gasteiger partial charge on any atom is 0.203 e. The van der Waals surface area contributed by atoms with Crippen molar-refractivity contribution in [3.8, 4) is 0 Å². The lowest BCUT2D eigenvalue weighted by Crippen LogP contribution is -2.22. The van der Waals surface area contributed by atoms with Crippen molar-refractivity contribution in [2.24, 2.45) is 0 Å². The summed E-state index contributed by atoms with van der Waals surface area (Å²) in [5.74, 6) is 0. The number of hydrogen-bond donors (Lipinski definition) is 0. The number of rotatable bonds is 0. The fourth-order valence-corrected chi connectivity index (χ4v) is 1.65. The van der Waals surface area contributed by atoms with Crippen LogP contribution >= 0.6 is 11.6 Å². The van der Waals surface area contributed by atoms with Crippen LogP contribution in [-0.2, 0) is 5.54 Å². The van der Waals surface area contributed by atoms with Gasteiger partial charge in [0.05, 0.1) is 0 Å². The molecule has 0 saturated heterocycles. The summed E-state index contributed by atoms with van der Waals surface area (Å²) < 4.78 is 2.01. The Labute approximate surface area is 72.2 Å². The van der Waals surface area contributed by atoms with Gasteiger partial charge in [-0.25, -0.2) is 4.98 Å². The van der Waals surface area contributed by atoms with Gasteiger partial charge in [0.15, 0.2) is 0 Å². The van der Waals surface area contributed by atoms with Crippen LogP contribution in [0.1, 0.15) is 26.5 Å². The molecule has 0 amide bonds. The van der Waals surface area contributed by atoms with E-state index in [0.717, 1.165) is 5.69 Å². The van der Waals surface area contributed by atoms with E-state index in [1.807, 2.05) is 11.5 Å². The number of nitrogens with zero attached hydrogens (tertiary/aromatic N) is 2. The van der Waals surface area contributed by atoms with Gasteiger partial charge in [-0.05, 0) is 39.3 Å². The summed E-state index contributed by atoms with van der Waals surface area (Å²) >= 11 is 5.88. The molecule has 0 bridgehead atoms. The van der Waals surface area contributed by atoms with Crippen molar-refractivity contribution >= 4 is 11.6 Å². The summed E-state index contributed by atoms with van der Waals surface area (Å²) in [5, 5.41) is 0.565. The van der Waals surface area contributed by atoms with Crippen LogP contribution < -0.4 is 0 Å².